The van der Waals surface area contributed by atoms with Gasteiger partial charge in [-0.25, -0.2) is 4.79 Å². The molecule has 1 saturated heterocycles. The lowest BCUT2D eigenvalue weighted by molar-refractivity contribution is -0.149. The minimum Gasteiger partial charge on any atom is -0.479 e. The predicted octanol–water partition coefficient (Wildman–Crippen LogP) is 1.70. The Hall–Kier alpha value is -2.63. The van der Waals surface area contributed by atoms with Gasteiger partial charge in [-0.05, 0) is 31.4 Å². The molecule has 0 bridgehead atoms. The molecule has 1 fully saturated rings. The van der Waals surface area contributed by atoms with Crippen LogP contribution in [0.1, 0.15) is 28.8 Å². The Kier molecular flexibility index (Phi) is 4.88. The van der Waals surface area contributed by atoms with Crippen molar-refractivity contribution in [3.63, 3.8) is 0 Å². The van der Waals surface area contributed by atoms with Gasteiger partial charge in [0, 0.05) is 31.1 Å². The van der Waals surface area contributed by atoms with E-state index in [1.807, 2.05) is 31.2 Å². The summed E-state index contributed by atoms with van der Waals surface area (Å²) in [4.78, 5) is 39.7. The second kappa shape index (κ2) is 7.09. The molecule has 25 heavy (non-hydrogen) atoms. The molecule has 2 aliphatic rings. The number of aliphatic carboxylic acids is 1. The molecule has 2 aliphatic heterocycles. The van der Waals surface area contributed by atoms with Gasteiger partial charge < -0.3 is 14.9 Å². The van der Waals surface area contributed by atoms with E-state index in [1.165, 1.54) is 4.90 Å². The van der Waals surface area contributed by atoms with Gasteiger partial charge in [-0.2, -0.15) is 0 Å². The molecule has 0 radical (unpaired) electrons. The molecule has 0 aliphatic carbocycles. The zero-order chi connectivity index (χ0) is 18.0. The molecule has 1 unspecified atom stereocenters. The molecule has 6 heteroatoms. The number of carboxylic acid groups (broad SMARTS) is 1. The first-order valence-electron chi connectivity index (χ1n) is 8.54. The van der Waals surface area contributed by atoms with E-state index in [1.54, 1.807) is 17.1 Å². The fourth-order valence-corrected chi connectivity index (χ4v) is 3.51. The third kappa shape index (κ3) is 3.43. The first kappa shape index (κ1) is 17.2. The smallest absolute Gasteiger partial charge is 0.330 e. The van der Waals surface area contributed by atoms with Gasteiger partial charge in [0.1, 0.15) is 6.04 Å². The molecule has 0 saturated carbocycles. The fraction of sp³-hybridized carbons (Fsp3) is 0.421. The van der Waals surface area contributed by atoms with E-state index < -0.39 is 12.0 Å². The van der Waals surface area contributed by atoms with Crippen LogP contribution in [0.5, 0.6) is 0 Å². The molecule has 2 heterocycles. The standard InChI is InChI=1S/C19H22N2O4/c1-13-5-2-3-6-15(13)18(23)20-11-8-14(9-12-20)17(22)21-10-4-7-16(21)19(24)25/h2-7,14,16H,8-12H2,1H3,(H,24,25). The number of carboxylic acids is 1. The molecular weight excluding hydrogens is 320 g/mol. The number of aryl methyl sites for hydroxylation is 1. The van der Waals surface area contributed by atoms with E-state index in [0.717, 1.165) is 5.56 Å². The van der Waals surface area contributed by atoms with Crippen molar-refractivity contribution in [1.29, 1.82) is 0 Å². The average molecular weight is 342 g/mol. The largest absolute Gasteiger partial charge is 0.479 e. The van der Waals surface area contributed by atoms with E-state index in [2.05, 4.69) is 0 Å². The van der Waals surface area contributed by atoms with Crippen LogP contribution in [0.25, 0.3) is 0 Å². The van der Waals surface area contributed by atoms with E-state index in [-0.39, 0.29) is 17.7 Å². The summed E-state index contributed by atoms with van der Waals surface area (Å²) in [5.41, 5.74) is 1.64. The highest BCUT2D eigenvalue weighted by molar-refractivity contribution is 5.96. The van der Waals surface area contributed by atoms with E-state index in [9.17, 15) is 19.5 Å². The zero-order valence-electron chi connectivity index (χ0n) is 14.2. The van der Waals surface area contributed by atoms with Crippen LogP contribution in [0.15, 0.2) is 36.4 Å². The maximum atomic E-state index is 12.6. The summed E-state index contributed by atoms with van der Waals surface area (Å²) in [6.45, 7) is 3.29. The molecule has 2 amide bonds. The van der Waals surface area contributed by atoms with Crippen LogP contribution in [0.4, 0.5) is 0 Å². The van der Waals surface area contributed by atoms with Crippen molar-refractivity contribution in [2.45, 2.75) is 25.8 Å². The second-order valence-corrected chi connectivity index (χ2v) is 6.58. The van der Waals surface area contributed by atoms with Crippen LogP contribution in [0.3, 0.4) is 0 Å². The molecular formula is C19H22N2O4. The quantitative estimate of drug-likeness (QED) is 0.848. The van der Waals surface area contributed by atoms with Crippen LogP contribution >= 0.6 is 0 Å². The maximum absolute atomic E-state index is 12.6. The molecule has 1 atom stereocenters. The first-order valence-corrected chi connectivity index (χ1v) is 8.54. The Morgan fingerprint density at radius 1 is 1.12 bits per heavy atom. The van der Waals surface area contributed by atoms with Crippen LogP contribution in [0.2, 0.25) is 0 Å². The number of likely N-dealkylation sites (tertiary alicyclic amines) is 1. The van der Waals surface area contributed by atoms with Crippen molar-refractivity contribution >= 4 is 17.8 Å². The number of amides is 2. The zero-order valence-corrected chi connectivity index (χ0v) is 14.2. The third-order valence-electron chi connectivity index (χ3n) is 5.00. The Bertz CT molecular complexity index is 720. The van der Waals surface area contributed by atoms with E-state index >= 15 is 0 Å². The lowest BCUT2D eigenvalue weighted by Crippen LogP contribution is -2.47. The highest BCUT2D eigenvalue weighted by Crippen LogP contribution is 2.24. The van der Waals surface area contributed by atoms with Crippen molar-refractivity contribution in [2.24, 2.45) is 5.92 Å². The normalized spacial score (nSPS) is 20.8. The van der Waals surface area contributed by atoms with Crippen LogP contribution in [0, 0.1) is 12.8 Å². The van der Waals surface area contributed by atoms with Gasteiger partial charge in [0.05, 0.1) is 0 Å². The van der Waals surface area contributed by atoms with E-state index in [4.69, 9.17) is 0 Å². The lowest BCUT2D eigenvalue weighted by Gasteiger charge is -2.34. The Balaban J connectivity index is 1.60. The minimum atomic E-state index is -1.01. The monoisotopic (exact) mass is 342 g/mol. The van der Waals surface area contributed by atoms with Crippen LogP contribution in [-0.4, -0.2) is 58.4 Å². The van der Waals surface area contributed by atoms with Crippen molar-refractivity contribution in [2.75, 3.05) is 19.6 Å². The number of piperidine rings is 1. The molecule has 6 nitrogen and oxygen atoms in total. The van der Waals surface area contributed by atoms with Crippen LogP contribution in [-0.2, 0) is 9.59 Å². The Morgan fingerprint density at radius 3 is 2.44 bits per heavy atom. The fourth-order valence-electron chi connectivity index (χ4n) is 3.51. The number of hydrogen-bond acceptors (Lipinski definition) is 3. The van der Waals surface area contributed by atoms with Crippen molar-refractivity contribution in [1.82, 2.24) is 9.80 Å². The second-order valence-electron chi connectivity index (χ2n) is 6.58. The highest BCUT2D eigenvalue weighted by Gasteiger charge is 2.36. The van der Waals surface area contributed by atoms with Gasteiger partial charge in [0.15, 0.2) is 0 Å². The van der Waals surface area contributed by atoms with Gasteiger partial charge in [0.25, 0.3) is 5.91 Å². The lowest BCUT2D eigenvalue weighted by atomic mass is 9.94. The van der Waals surface area contributed by atoms with Gasteiger partial charge in [-0.15, -0.1) is 0 Å². The molecule has 3 rings (SSSR count). The van der Waals surface area contributed by atoms with Gasteiger partial charge in [-0.1, -0.05) is 30.4 Å². The molecule has 0 spiro atoms. The minimum absolute atomic E-state index is 0.00440. The third-order valence-corrected chi connectivity index (χ3v) is 5.00. The average Bonchev–Trinajstić information content (AvgIpc) is 3.11. The van der Waals surface area contributed by atoms with Gasteiger partial charge in [0.2, 0.25) is 5.91 Å². The molecule has 132 valence electrons. The number of carbonyl (C=O) groups is 3. The summed E-state index contributed by atoms with van der Waals surface area (Å²) in [6, 6.07) is 6.63. The topological polar surface area (TPSA) is 77.9 Å². The first-order chi connectivity index (χ1) is 12.0. The summed E-state index contributed by atoms with van der Waals surface area (Å²) in [5.74, 6) is -1.35. The number of rotatable bonds is 3. The van der Waals surface area contributed by atoms with Crippen LogP contribution < -0.4 is 0 Å². The number of hydrogen-bond donors (Lipinski definition) is 1. The number of carbonyl (C=O) groups excluding carboxylic acids is 2. The van der Waals surface area contributed by atoms with E-state index in [0.29, 0.717) is 38.0 Å². The number of nitrogens with zero attached hydrogens (tertiary/aromatic N) is 2. The van der Waals surface area contributed by atoms with Crippen molar-refractivity contribution in [3.05, 3.63) is 47.5 Å². The van der Waals surface area contributed by atoms with Crippen molar-refractivity contribution in [3.8, 4) is 0 Å². The molecule has 1 aromatic rings. The summed E-state index contributed by atoms with van der Waals surface area (Å²) in [5, 5.41) is 9.20. The predicted molar refractivity (Wildman–Crippen MR) is 92.1 cm³/mol. The molecule has 0 aromatic heterocycles. The number of benzene rings is 1. The molecule has 1 aromatic carbocycles. The summed E-state index contributed by atoms with van der Waals surface area (Å²) in [6.07, 6.45) is 4.41. The molecule has 1 N–H and O–H groups in total. The SMILES string of the molecule is Cc1ccccc1C(=O)N1CCC(C(=O)N2CC=CC2C(=O)O)CC1. The van der Waals surface area contributed by atoms with Crippen molar-refractivity contribution < 1.29 is 19.5 Å². The maximum Gasteiger partial charge on any atom is 0.330 e. The Labute approximate surface area is 146 Å². The highest BCUT2D eigenvalue weighted by atomic mass is 16.4. The summed E-state index contributed by atoms with van der Waals surface area (Å²) in [7, 11) is 0. The summed E-state index contributed by atoms with van der Waals surface area (Å²) >= 11 is 0. The van der Waals surface area contributed by atoms with Gasteiger partial charge in [-0.3, -0.25) is 9.59 Å². The Morgan fingerprint density at radius 2 is 1.80 bits per heavy atom. The van der Waals surface area contributed by atoms with Gasteiger partial charge >= 0.3 is 5.97 Å². The summed E-state index contributed by atoms with van der Waals surface area (Å²) < 4.78 is 0.